The summed E-state index contributed by atoms with van der Waals surface area (Å²) in [5.74, 6) is -3.72. The van der Waals surface area contributed by atoms with Crippen molar-refractivity contribution in [2.45, 2.75) is 27.7 Å². The van der Waals surface area contributed by atoms with Gasteiger partial charge in [-0.3, -0.25) is 0 Å². The molecule has 0 N–H and O–H groups in total. The Balaban J connectivity index is 4.58. The number of carbonyl (C=O) groups excluding carboxylic acids is 4. The highest BCUT2D eigenvalue weighted by Gasteiger charge is 2.19. The van der Waals surface area contributed by atoms with Gasteiger partial charge in [0.05, 0.1) is 0 Å². The number of rotatable bonds is 2. The molecule has 0 spiro atoms. The average molecular weight is 260 g/mol. The van der Waals surface area contributed by atoms with Crippen molar-refractivity contribution in [2.75, 3.05) is 0 Å². The van der Waals surface area contributed by atoms with E-state index >= 15 is 0 Å². The molecule has 0 bridgehead atoms. The van der Waals surface area contributed by atoms with Gasteiger partial charge < -0.3 is 0 Å². The minimum atomic E-state index is -1.04. The largest absolute Gasteiger partial charge is 0.382 e. The second-order valence-corrected chi connectivity index (χ2v) is 3.14. The second kappa shape index (κ2) is 7.05. The van der Waals surface area contributed by atoms with Crippen LogP contribution >= 0.6 is 0 Å². The molecule has 0 fully saturated rings. The van der Waals surface area contributed by atoms with Gasteiger partial charge in [0.25, 0.3) is 0 Å². The Kier molecular flexibility index (Phi) is 6.11. The molecule has 100 valence electrons. The van der Waals surface area contributed by atoms with Crippen molar-refractivity contribution < 1.29 is 38.7 Å². The molecule has 0 unspecified atom stereocenters. The quantitative estimate of drug-likeness (QED) is 0.398. The lowest BCUT2D eigenvalue weighted by Crippen LogP contribution is -2.16. The van der Waals surface area contributed by atoms with E-state index in [0.29, 0.717) is 0 Å². The minimum Gasteiger partial charge on any atom is -0.248 e. The van der Waals surface area contributed by atoms with Gasteiger partial charge in [0.1, 0.15) is 0 Å². The first-order valence-electron chi connectivity index (χ1n) is 4.72. The van der Waals surface area contributed by atoms with Crippen molar-refractivity contribution in [3.05, 3.63) is 11.1 Å². The Morgan fingerprint density at radius 1 is 0.556 bits per heavy atom. The van der Waals surface area contributed by atoms with Crippen LogP contribution in [0, 0.1) is 0 Å². The fourth-order valence-electron chi connectivity index (χ4n) is 0.624. The second-order valence-electron chi connectivity index (χ2n) is 3.14. The van der Waals surface area contributed by atoms with Gasteiger partial charge in [-0.15, -0.1) is 0 Å². The molecule has 8 nitrogen and oxygen atoms in total. The minimum absolute atomic E-state index is 0.159. The summed E-state index contributed by atoms with van der Waals surface area (Å²) in [6.45, 7) is 4.56. The Morgan fingerprint density at radius 3 is 1.06 bits per heavy atom. The lowest BCUT2D eigenvalue weighted by Gasteiger charge is -2.05. The molecule has 0 aromatic heterocycles. The average Bonchev–Trinajstić information content (AvgIpc) is 2.30. The molecule has 0 aromatic rings. The molecular formula is C10H12O8. The Hall–Kier alpha value is -2.38. The van der Waals surface area contributed by atoms with Gasteiger partial charge in [0.15, 0.2) is 0 Å². The van der Waals surface area contributed by atoms with Crippen LogP contribution in [0.1, 0.15) is 27.7 Å². The van der Waals surface area contributed by atoms with Crippen molar-refractivity contribution >= 4 is 23.9 Å². The Bertz CT molecular complexity index is 368. The van der Waals surface area contributed by atoms with Crippen LogP contribution in [0.15, 0.2) is 11.1 Å². The predicted molar refractivity (Wildman–Crippen MR) is 54.1 cm³/mol. The van der Waals surface area contributed by atoms with Crippen molar-refractivity contribution in [3.63, 3.8) is 0 Å². The number of hydrogen-bond acceptors (Lipinski definition) is 8. The third kappa shape index (κ3) is 5.64. The van der Waals surface area contributed by atoms with E-state index in [2.05, 4.69) is 19.6 Å². The summed E-state index contributed by atoms with van der Waals surface area (Å²) in [5.41, 5.74) is -0.318. The SMILES string of the molecule is CC(=O)OOC(=O)/C(C)=C(\C)C(=O)OOC(C)=O. The molecule has 8 heteroatoms. The third-order valence-corrected chi connectivity index (χ3v) is 1.64. The summed E-state index contributed by atoms with van der Waals surface area (Å²) in [6.07, 6.45) is 0. The van der Waals surface area contributed by atoms with E-state index in [4.69, 9.17) is 0 Å². The summed E-state index contributed by atoms with van der Waals surface area (Å²) in [7, 11) is 0. The summed E-state index contributed by atoms with van der Waals surface area (Å²) in [6, 6.07) is 0. The molecule has 0 aliphatic carbocycles. The van der Waals surface area contributed by atoms with Crippen LogP contribution in [0.4, 0.5) is 0 Å². The maximum atomic E-state index is 11.3. The van der Waals surface area contributed by atoms with Gasteiger partial charge in [-0.2, -0.15) is 0 Å². The topological polar surface area (TPSA) is 105 Å². The van der Waals surface area contributed by atoms with Crippen LogP contribution < -0.4 is 0 Å². The Morgan fingerprint density at radius 2 is 0.833 bits per heavy atom. The molecule has 0 aliphatic heterocycles. The lowest BCUT2D eigenvalue weighted by atomic mass is 10.1. The highest BCUT2D eigenvalue weighted by atomic mass is 17.2. The molecule has 0 saturated carbocycles. The molecule has 0 rings (SSSR count). The molecular weight excluding hydrogens is 248 g/mol. The molecule has 0 heterocycles. The van der Waals surface area contributed by atoms with Gasteiger partial charge in [-0.05, 0) is 13.8 Å². The van der Waals surface area contributed by atoms with Crippen molar-refractivity contribution in [2.24, 2.45) is 0 Å². The van der Waals surface area contributed by atoms with Gasteiger partial charge in [0, 0.05) is 25.0 Å². The molecule has 0 aromatic carbocycles. The Labute approximate surface area is 102 Å². The number of carbonyl (C=O) groups is 4. The standard InChI is InChI=1S/C10H12O8/c1-5(9(13)17-15-7(3)11)6(2)10(14)18-16-8(4)12/h1-4H3/b6-5+. The fourth-order valence-corrected chi connectivity index (χ4v) is 0.624. The van der Waals surface area contributed by atoms with Crippen molar-refractivity contribution in [3.8, 4) is 0 Å². The van der Waals surface area contributed by atoms with Gasteiger partial charge in [-0.25, -0.2) is 38.7 Å². The van der Waals surface area contributed by atoms with E-state index in [1.54, 1.807) is 0 Å². The molecule has 0 amide bonds. The highest BCUT2D eigenvalue weighted by molar-refractivity contribution is 5.99. The zero-order valence-corrected chi connectivity index (χ0v) is 10.3. The third-order valence-electron chi connectivity index (χ3n) is 1.64. The van der Waals surface area contributed by atoms with E-state index in [9.17, 15) is 19.2 Å². The van der Waals surface area contributed by atoms with Crippen LogP contribution in [0.3, 0.4) is 0 Å². The van der Waals surface area contributed by atoms with Crippen LogP contribution in [0.2, 0.25) is 0 Å². The van der Waals surface area contributed by atoms with Crippen molar-refractivity contribution in [1.82, 2.24) is 0 Å². The smallest absolute Gasteiger partial charge is 0.248 e. The predicted octanol–water partition coefficient (Wildman–Crippen LogP) is 0.365. The summed E-state index contributed by atoms with van der Waals surface area (Å²) in [4.78, 5) is 59.5. The fraction of sp³-hybridized carbons (Fsp3) is 0.400. The molecule has 0 atom stereocenters. The monoisotopic (exact) mass is 260 g/mol. The van der Waals surface area contributed by atoms with Crippen LogP contribution in [0.5, 0.6) is 0 Å². The maximum Gasteiger partial charge on any atom is 0.382 e. The zero-order valence-electron chi connectivity index (χ0n) is 10.3. The van der Waals surface area contributed by atoms with Gasteiger partial charge in [-0.1, -0.05) is 0 Å². The number of hydrogen-bond donors (Lipinski definition) is 0. The first-order valence-corrected chi connectivity index (χ1v) is 4.72. The van der Waals surface area contributed by atoms with E-state index in [-0.39, 0.29) is 11.1 Å². The maximum absolute atomic E-state index is 11.3. The van der Waals surface area contributed by atoms with Crippen LogP contribution in [-0.4, -0.2) is 23.9 Å². The van der Waals surface area contributed by atoms with Gasteiger partial charge in [0.2, 0.25) is 0 Å². The molecule has 0 aliphatic rings. The molecule has 0 saturated heterocycles. The van der Waals surface area contributed by atoms with Crippen LogP contribution in [0.25, 0.3) is 0 Å². The van der Waals surface area contributed by atoms with E-state index in [1.165, 1.54) is 13.8 Å². The van der Waals surface area contributed by atoms with Crippen molar-refractivity contribution in [1.29, 1.82) is 0 Å². The summed E-state index contributed by atoms with van der Waals surface area (Å²) in [5, 5.41) is 0. The summed E-state index contributed by atoms with van der Waals surface area (Å²) < 4.78 is 0. The van der Waals surface area contributed by atoms with E-state index < -0.39 is 23.9 Å². The zero-order chi connectivity index (χ0) is 14.3. The first-order chi connectivity index (χ1) is 8.25. The van der Waals surface area contributed by atoms with Gasteiger partial charge >= 0.3 is 23.9 Å². The highest BCUT2D eigenvalue weighted by Crippen LogP contribution is 2.08. The normalized spacial score (nSPS) is 10.9. The first kappa shape index (κ1) is 15.6. The molecule has 0 radical (unpaired) electrons. The van der Waals surface area contributed by atoms with Crippen LogP contribution in [-0.2, 0) is 38.7 Å². The lowest BCUT2D eigenvalue weighted by molar-refractivity contribution is -0.255. The van der Waals surface area contributed by atoms with E-state index in [0.717, 1.165) is 13.8 Å². The summed E-state index contributed by atoms with van der Waals surface area (Å²) >= 11 is 0. The van der Waals surface area contributed by atoms with E-state index in [1.807, 2.05) is 0 Å². The molecule has 18 heavy (non-hydrogen) atoms.